The molecular formula is C13H18N2O3. The third-order valence-electron chi connectivity index (χ3n) is 2.63. The molecule has 1 aromatic rings. The van der Waals surface area contributed by atoms with E-state index >= 15 is 0 Å². The molecule has 1 saturated heterocycles. The van der Waals surface area contributed by atoms with Crippen molar-refractivity contribution in [3.8, 4) is 5.75 Å². The lowest BCUT2D eigenvalue weighted by Gasteiger charge is -2.24. The zero-order valence-corrected chi connectivity index (χ0v) is 10.4. The van der Waals surface area contributed by atoms with Crippen molar-refractivity contribution in [3.05, 3.63) is 24.3 Å². The highest BCUT2D eigenvalue weighted by Gasteiger charge is 2.14. The Labute approximate surface area is 106 Å². The summed E-state index contributed by atoms with van der Waals surface area (Å²) >= 11 is 0. The van der Waals surface area contributed by atoms with Gasteiger partial charge in [0, 0.05) is 20.0 Å². The topological polar surface area (TPSA) is 59.6 Å². The van der Waals surface area contributed by atoms with Crippen LogP contribution >= 0.6 is 0 Å². The average molecular weight is 250 g/mol. The molecule has 1 aliphatic heterocycles. The first-order valence-corrected chi connectivity index (χ1v) is 6.07. The number of morpholine rings is 1. The fourth-order valence-electron chi connectivity index (χ4n) is 1.79. The standard InChI is InChI=1S/C13H18N2O3/c1-10(16)15-12-4-2-3-5-13(12)18-9-11-8-14-6-7-17-11/h2-5,11,14H,6-9H2,1H3,(H,15,16). The summed E-state index contributed by atoms with van der Waals surface area (Å²) in [5.41, 5.74) is 0.689. The second kappa shape index (κ2) is 6.37. The van der Waals surface area contributed by atoms with E-state index in [4.69, 9.17) is 9.47 Å². The van der Waals surface area contributed by atoms with Crippen molar-refractivity contribution in [1.29, 1.82) is 0 Å². The Morgan fingerprint density at radius 2 is 2.39 bits per heavy atom. The molecule has 0 aliphatic carbocycles. The quantitative estimate of drug-likeness (QED) is 0.837. The first-order chi connectivity index (χ1) is 8.75. The molecule has 2 N–H and O–H groups in total. The van der Waals surface area contributed by atoms with Gasteiger partial charge in [0.25, 0.3) is 0 Å². The number of carbonyl (C=O) groups is 1. The Morgan fingerprint density at radius 1 is 1.56 bits per heavy atom. The van der Waals surface area contributed by atoms with E-state index < -0.39 is 0 Å². The highest BCUT2D eigenvalue weighted by molar-refractivity contribution is 5.90. The molecule has 0 bridgehead atoms. The lowest BCUT2D eigenvalue weighted by molar-refractivity contribution is -0.114. The second-order valence-corrected chi connectivity index (χ2v) is 4.19. The van der Waals surface area contributed by atoms with Crippen LogP contribution in [0.15, 0.2) is 24.3 Å². The molecule has 0 radical (unpaired) electrons. The summed E-state index contributed by atoms with van der Waals surface area (Å²) in [7, 11) is 0. The summed E-state index contributed by atoms with van der Waals surface area (Å²) in [6.45, 7) is 4.34. The van der Waals surface area contributed by atoms with Gasteiger partial charge in [-0.2, -0.15) is 0 Å². The summed E-state index contributed by atoms with van der Waals surface area (Å²) in [6, 6.07) is 7.38. The minimum absolute atomic E-state index is 0.0594. The maximum atomic E-state index is 11.1. The Hall–Kier alpha value is -1.59. The van der Waals surface area contributed by atoms with Crippen molar-refractivity contribution in [2.45, 2.75) is 13.0 Å². The number of anilines is 1. The summed E-state index contributed by atoms with van der Waals surface area (Å²) in [5.74, 6) is 0.559. The van der Waals surface area contributed by atoms with Crippen LogP contribution in [0, 0.1) is 0 Å². The molecule has 98 valence electrons. The van der Waals surface area contributed by atoms with Gasteiger partial charge in [0.05, 0.1) is 12.3 Å². The number of benzene rings is 1. The Morgan fingerprint density at radius 3 is 3.11 bits per heavy atom. The smallest absolute Gasteiger partial charge is 0.221 e. The highest BCUT2D eigenvalue weighted by atomic mass is 16.5. The maximum Gasteiger partial charge on any atom is 0.221 e. The van der Waals surface area contributed by atoms with Gasteiger partial charge in [-0.05, 0) is 12.1 Å². The van der Waals surface area contributed by atoms with E-state index in [1.54, 1.807) is 0 Å². The highest BCUT2D eigenvalue weighted by Crippen LogP contribution is 2.23. The van der Waals surface area contributed by atoms with E-state index in [2.05, 4.69) is 10.6 Å². The van der Waals surface area contributed by atoms with Gasteiger partial charge in [0.1, 0.15) is 18.5 Å². The number of hydrogen-bond acceptors (Lipinski definition) is 4. The molecule has 1 aliphatic rings. The number of hydrogen-bond donors (Lipinski definition) is 2. The van der Waals surface area contributed by atoms with Crippen molar-refractivity contribution in [1.82, 2.24) is 5.32 Å². The molecule has 1 atom stereocenters. The van der Waals surface area contributed by atoms with E-state index in [1.165, 1.54) is 6.92 Å². The normalized spacial score (nSPS) is 19.3. The summed E-state index contributed by atoms with van der Waals surface area (Å²) < 4.78 is 11.2. The monoisotopic (exact) mass is 250 g/mol. The van der Waals surface area contributed by atoms with Gasteiger partial charge in [0.15, 0.2) is 0 Å². The van der Waals surface area contributed by atoms with Crippen LogP contribution in [0.1, 0.15) is 6.92 Å². The summed E-state index contributed by atoms with van der Waals surface area (Å²) in [6.07, 6.45) is 0.0594. The average Bonchev–Trinajstić information content (AvgIpc) is 2.38. The van der Waals surface area contributed by atoms with Crippen LogP contribution in [0.5, 0.6) is 5.75 Å². The number of para-hydroxylation sites is 2. The number of amides is 1. The van der Waals surface area contributed by atoms with Gasteiger partial charge >= 0.3 is 0 Å². The zero-order valence-electron chi connectivity index (χ0n) is 10.4. The third kappa shape index (κ3) is 3.72. The van der Waals surface area contributed by atoms with Gasteiger partial charge in [-0.15, -0.1) is 0 Å². The van der Waals surface area contributed by atoms with Gasteiger partial charge < -0.3 is 20.1 Å². The van der Waals surface area contributed by atoms with E-state index in [0.717, 1.165) is 13.1 Å². The van der Waals surface area contributed by atoms with Crippen LogP contribution in [-0.2, 0) is 9.53 Å². The van der Waals surface area contributed by atoms with E-state index in [0.29, 0.717) is 24.7 Å². The van der Waals surface area contributed by atoms with Crippen molar-refractivity contribution >= 4 is 11.6 Å². The molecule has 0 aromatic heterocycles. The van der Waals surface area contributed by atoms with E-state index in [-0.39, 0.29) is 12.0 Å². The Kier molecular flexibility index (Phi) is 4.55. The molecule has 5 nitrogen and oxygen atoms in total. The first kappa shape index (κ1) is 12.9. The van der Waals surface area contributed by atoms with Gasteiger partial charge in [-0.25, -0.2) is 0 Å². The fraction of sp³-hybridized carbons (Fsp3) is 0.462. The van der Waals surface area contributed by atoms with Crippen molar-refractivity contribution in [2.75, 3.05) is 31.6 Å². The molecule has 0 spiro atoms. The van der Waals surface area contributed by atoms with Crippen LogP contribution in [0.2, 0.25) is 0 Å². The lowest BCUT2D eigenvalue weighted by Crippen LogP contribution is -2.41. The Bertz CT molecular complexity index is 403. The second-order valence-electron chi connectivity index (χ2n) is 4.19. The predicted octanol–water partition coefficient (Wildman–Crippen LogP) is 1.01. The van der Waals surface area contributed by atoms with Crippen LogP contribution in [-0.4, -0.2) is 38.3 Å². The van der Waals surface area contributed by atoms with Crippen LogP contribution in [0.4, 0.5) is 5.69 Å². The minimum atomic E-state index is -0.110. The molecule has 2 rings (SSSR count). The molecule has 1 unspecified atom stereocenters. The lowest BCUT2D eigenvalue weighted by atomic mass is 10.3. The molecule has 1 heterocycles. The molecule has 18 heavy (non-hydrogen) atoms. The number of rotatable bonds is 4. The predicted molar refractivity (Wildman–Crippen MR) is 68.9 cm³/mol. The van der Waals surface area contributed by atoms with Crippen LogP contribution in [0.25, 0.3) is 0 Å². The van der Waals surface area contributed by atoms with Crippen molar-refractivity contribution < 1.29 is 14.3 Å². The van der Waals surface area contributed by atoms with Crippen LogP contribution in [0.3, 0.4) is 0 Å². The molecular weight excluding hydrogens is 232 g/mol. The van der Waals surface area contributed by atoms with Crippen molar-refractivity contribution in [2.24, 2.45) is 0 Å². The largest absolute Gasteiger partial charge is 0.489 e. The van der Waals surface area contributed by atoms with Gasteiger partial charge in [-0.3, -0.25) is 4.79 Å². The van der Waals surface area contributed by atoms with Gasteiger partial charge in [-0.1, -0.05) is 12.1 Å². The van der Waals surface area contributed by atoms with Crippen LogP contribution < -0.4 is 15.4 Å². The van der Waals surface area contributed by atoms with Gasteiger partial charge in [0.2, 0.25) is 5.91 Å². The zero-order chi connectivity index (χ0) is 12.8. The maximum absolute atomic E-state index is 11.1. The van der Waals surface area contributed by atoms with E-state index in [9.17, 15) is 4.79 Å². The number of ether oxygens (including phenoxy) is 2. The molecule has 1 aromatic carbocycles. The molecule has 1 amide bonds. The summed E-state index contributed by atoms with van der Waals surface area (Å²) in [4.78, 5) is 11.1. The van der Waals surface area contributed by atoms with E-state index in [1.807, 2.05) is 24.3 Å². The summed E-state index contributed by atoms with van der Waals surface area (Å²) in [5, 5.41) is 5.98. The molecule has 1 fully saturated rings. The fourth-order valence-corrected chi connectivity index (χ4v) is 1.79. The molecule has 0 saturated carbocycles. The number of carbonyl (C=O) groups excluding carboxylic acids is 1. The number of nitrogens with one attached hydrogen (secondary N) is 2. The minimum Gasteiger partial charge on any atom is -0.489 e. The third-order valence-corrected chi connectivity index (χ3v) is 2.63. The first-order valence-electron chi connectivity index (χ1n) is 6.07. The van der Waals surface area contributed by atoms with Crippen molar-refractivity contribution in [3.63, 3.8) is 0 Å². The SMILES string of the molecule is CC(=O)Nc1ccccc1OCC1CNCCO1. The Balaban J connectivity index is 1.93. The molecule has 5 heteroatoms.